The molecule has 0 unspecified atom stereocenters. The van der Waals surface area contributed by atoms with Crippen LogP contribution in [0.1, 0.15) is 5.56 Å². The van der Waals surface area contributed by atoms with Crippen molar-refractivity contribution in [1.82, 2.24) is 14.8 Å². The van der Waals surface area contributed by atoms with Crippen LogP contribution in [0.2, 0.25) is 0 Å². The molecule has 1 heterocycles. The zero-order valence-corrected chi connectivity index (χ0v) is 9.48. The number of benzene rings is 1. The van der Waals surface area contributed by atoms with Crippen LogP contribution in [-0.4, -0.2) is 14.8 Å². The van der Waals surface area contributed by atoms with Crippen LogP contribution in [0.3, 0.4) is 0 Å². The van der Waals surface area contributed by atoms with Crippen molar-refractivity contribution in [3.05, 3.63) is 34.3 Å². The second-order valence-corrected chi connectivity index (χ2v) is 3.93. The third kappa shape index (κ3) is 2.10. The lowest BCUT2D eigenvalue weighted by molar-refractivity contribution is 0.697. The van der Waals surface area contributed by atoms with Crippen LogP contribution in [0.4, 0.5) is 11.9 Å². The summed E-state index contributed by atoms with van der Waals surface area (Å²) < 4.78 is 2.58. The zero-order valence-electron chi connectivity index (χ0n) is 7.89. The molecular formula is C9H10BrN5. The topological polar surface area (TPSA) is 82.7 Å². The minimum absolute atomic E-state index is 0.194. The molecule has 0 saturated carbocycles. The molecule has 0 aliphatic rings. The van der Waals surface area contributed by atoms with E-state index < -0.39 is 0 Å². The number of rotatable bonds is 2. The number of nitrogens with two attached hydrogens (primary N) is 2. The normalized spacial score (nSPS) is 10.5. The molecular weight excluding hydrogens is 258 g/mol. The van der Waals surface area contributed by atoms with Gasteiger partial charge in [0.05, 0.1) is 6.54 Å². The average molecular weight is 268 g/mol. The highest BCUT2D eigenvalue weighted by molar-refractivity contribution is 9.10. The molecule has 1 aromatic carbocycles. The highest BCUT2D eigenvalue weighted by atomic mass is 79.9. The summed E-state index contributed by atoms with van der Waals surface area (Å²) in [4.78, 5) is 3.83. The summed E-state index contributed by atoms with van der Waals surface area (Å²) in [6, 6.07) is 7.86. The maximum Gasteiger partial charge on any atom is 0.241 e. The maximum absolute atomic E-state index is 5.63. The Morgan fingerprint density at radius 3 is 2.60 bits per heavy atom. The van der Waals surface area contributed by atoms with E-state index in [0.717, 1.165) is 10.0 Å². The Morgan fingerprint density at radius 1 is 1.27 bits per heavy atom. The van der Waals surface area contributed by atoms with E-state index in [1.165, 1.54) is 0 Å². The van der Waals surface area contributed by atoms with Gasteiger partial charge in [-0.05, 0) is 11.6 Å². The van der Waals surface area contributed by atoms with Gasteiger partial charge in [0, 0.05) is 4.47 Å². The second kappa shape index (κ2) is 3.90. The number of aromatic nitrogens is 3. The molecule has 0 aliphatic heterocycles. The van der Waals surface area contributed by atoms with Crippen LogP contribution in [0.25, 0.3) is 0 Å². The monoisotopic (exact) mass is 267 g/mol. The van der Waals surface area contributed by atoms with Crippen LogP contribution in [0.5, 0.6) is 0 Å². The van der Waals surface area contributed by atoms with Crippen molar-refractivity contribution >= 4 is 27.8 Å². The zero-order chi connectivity index (χ0) is 10.8. The Bertz CT molecular complexity index is 479. The molecule has 6 heteroatoms. The first kappa shape index (κ1) is 9.97. The van der Waals surface area contributed by atoms with E-state index in [-0.39, 0.29) is 5.95 Å². The van der Waals surface area contributed by atoms with Gasteiger partial charge in [-0.25, -0.2) is 4.68 Å². The van der Waals surface area contributed by atoms with Crippen molar-refractivity contribution < 1.29 is 0 Å². The lowest BCUT2D eigenvalue weighted by Crippen LogP contribution is -2.06. The molecule has 0 bridgehead atoms. The van der Waals surface area contributed by atoms with Gasteiger partial charge in [-0.1, -0.05) is 34.1 Å². The fraction of sp³-hybridized carbons (Fsp3) is 0.111. The summed E-state index contributed by atoms with van der Waals surface area (Å²) in [6.45, 7) is 0.553. The van der Waals surface area contributed by atoms with Crippen LogP contribution in [0, 0.1) is 0 Å². The average Bonchev–Trinajstić information content (AvgIpc) is 2.49. The molecule has 15 heavy (non-hydrogen) atoms. The largest absolute Gasteiger partial charge is 0.368 e. The van der Waals surface area contributed by atoms with Gasteiger partial charge in [-0.15, -0.1) is 5.10 Å². The predicted molar refractivity (Wildman–Crippen MR) is 62.1 cm³/mol. The lowest BCUT2D eigenvalue weighted by Gasteiger charge is -2.04. The van der Waals surface area contributed by atoms with Gasteiger partial charge >= 0.3 is 0 Å². The molecule has 2 rings (SSSR count). The van der Waals surface area contributed by atoms with Crippen molar-refractivity contribution in [2.45, 2.75) is 6.54 Å². The minimum Gasteiger partial charge on any atom is -0.368 e. The first-order valence-electron chi connectivity index (χ1n) is 4.36. The fourth-order valence-corrected chi connectivity index (χ4v) is 1.69. The Balaban J connectivity index is 2.29. The minimum atomic E-state index is 0.194. The summed E-state index contributed by atoms with van der Waals surface area (Å²) in [5, 5.41) is 3.98. The van der Waals surface area contributed by atoms with E-state index in [1.807, 2.05) is 24.3 Å². The Morgan fingerprint density at radius 2 is 2.00 bits per heavy atom. The molecule has 0 atom stereocenters. The number of hydrogen-bond acceptors (Lipinski definition) is 4. The van der Waals surface area contributed by atoms with Gasteiger partial charge in [0.15, 0.2) is 0 Å². The third-order valence-corrected chi connectivity index (χ3v) is 2.77. The molecule has 5 nitrogen and oxygen atoms in total. The molecule has 0 spiro atoms. The Labute approximate surface area is 95.2 Å². The third-order valence-electron chi connectivity index (χ3n) is 1.99. The van der Waals surface area contributed by atoms with Crippen molar-refractivity contribution in [3.63, 3.8) is 0 Å². The van der Waals surface area contributed by atoms with Gasteiger partial charge < -0.3 is 11.5 Å². The maximum atomic E-state index is 5.63. The summed E-state index contributed by atoms with van der Waals surface area (Å²) in [7, 11) is 0. The molecule has 0 fully saturated rings. The van der Waals surface area contributed by atoms with Crippen LogP contribution in [-0.2, 0) is 6.54 Å². The van der Waals surface area contributed by atoms with E-state index in [2.05, 4.69) is 26.0 Å². The Hall–Kier alpha value is -1.56. The number of hydrogen-bond donors (Lipinski definition) is 2. The second-order valence-electron chi connectivity index (χ2n) is 3.08. The quantitative estimate of drug-likeness (QED) is 0.858. The first-order valence-corrected chi connectivity index (χ1v) is 5.15. The van der Waals surface area contributed by atoms with Crippen LogP contribution in [0.15, 0.2) is 28.7 Å². The molecule has 78 valence electrons. The van der Waals surface area contributed by atoms with Crippen molar-refractivity contribution in [3.8, 4) is 0 Å². The van der Waals surface area contributed by atoms with E-state index in [0.29, 0.717) is 12.5 Å². The number of nitrogens with zero attached hydrogens (tertiary/aromatic N) is 3. The molecule has 4 N–H and O–H groups in total. The molecule has 0 aliphatic carbocycles. The summed E-state index contributed by atoms with van der Waals surface area (Å²) >= 11 is 3.45. The van der Waals surface area contributed by atoms with E-state index in [9.17, 15) is 0 Å². The number of halogens is 1. The number of anilines is 2. The molecule has 0 saturated heterocycles. The van der Waals surface area contributed by atoms with Crippen LogP contribution >= 0.6 is 15.9 Å². The molecule has 0 radical (unpaired) electrons. The van der Waals surface area contributed by atoms with Gasteiger partial charge in [0.1, 0.15) is 0 Å². The lowest BCUT2D eigenvalue weighted by atomic mass is 10.2. The first-order chi connectivity index (χ1) is 7.16. The highest BCUT2D eigenvalue weighted by Crippen LogP contribution is 2.17. The van der Waals surface area contributed by atoms with Gasteiger partial charge in [0.25, 0.3) is 0 Å². The Kier molecular flexibility index (Phi) is 2.59. The van der Waals surface area contributed by atoms with Gasteiger partial charge in [0.2, 0.25) is 11.9 Å². The highest BCUT2D eigenvalue weighted by Gasteiger charge is 2.06. The van der Waals surface area contributed by atoms with Crippen molar-refractivity contribution in [1.29, 1.82) is 0 Å². The fourth-order valence-electron chi connectivity index (χ4n) is 1.28. The smallest absolute Gasteiger partial charge is 0.241 e. The van der Waals surface area contributed by atoms with Crippen molar-refractivity contribution in [2.24, 2.45) is 0 Å². The molecule has 0 amide bonds. The van der Waals surface area contributed by atoms with E-state index in [1.54, 1.807) is 4.68 Å². The molecule has 2 aromatic rings. The van der Waals surface area contributed by atoms with Gasteiger partial charge in [-0.3, -0.25) is 0 Å². The summed E-state index contributed by atoms with van der Waals surface area (Å²) in [5.74, 6) is 0.516. The molecule has 1 aromatic heterocycles. The van der Waals surface area contributed by atoms with Gasteiger partial charge in [-0.2, -0.15) is 4.98 Å². The standard InChI is InChI=1S/C9H10BrN5/c10-7-4-2-1-3-6(7)5-15-9(12)13-8(11)14-15/h1-4H,5H2,(H4,11,12,13,14). The summed E-state index contributed by atoms with van der Waals surface area (Å²) in [6.07, 6.45) is 0. The van der Waals surface area contributed by atoms with E-state index in [4.69, 9.17) is 11.5 Å². The van der Waals surface area contributed by atoms with Crippen molar-refractivity contribution in [2.75, 3.05) is 11.5 Å². The summed E-state index contributed by atoms with van der Waals surface area (Å²) in [5.41, 5.74) is 12.1. The predicted octanol–water partition coefficient (Wildman–Crippen LogP) is 1.25. The SMILES string of the molecule is Nc1nc(N)n(Cc2ccccc2Br)n1. The van der Waals surface area contributed by atoms with Crippen LogP contribution < -0.4 is 11.5 Å². The number of nitrogen functional groups attached to an aromatic ring is 2. The van der Waals surface area contributed by atoms with E-state index >= 15 is 0 Å².